The second-order valence-corrected chi connectivity index (χ2v) is 5.59. The molecule has 0 amide bonds. The Morgan fingerprint density at radius 1 is 1.50 bits per heavy atom. The Morgan fingerprint density at radius 3 is 2.83 bits per heavy atom. The Kier molecular flexibility index (Phi) is 2.24. The van der Waals surface area contributed by atoms with Gasteiger partial charge in [0.05, 0.1) is 23.7 Å². The first-order chi connectivity index (χ1) is 8.51. The Hall–Kier alpha value is -1.84. The molecule has 0 radical (unpaired) electrons. The number of benzene rings is 1. The number of H-pyrrole nitrogens is 1. The Balaban J connectivity index is 2.00. The van der Waals surface area contributed by atoms with Crippen LogP contribution in [0.5, 0.6) is 0 Å². The highest BCUT2D eigenvalue weighted by Gasteiger charge is 2.48. The van der Waals surface area contributed by atoms with E-state index in [2.05, 4.69) is 23.8 Å². The second-order valence-electron chi connectivity index (χ2n) is 5.59. The Labute approximate surface area is 105 Å². The molecule has 3 rings (SSSR count). The van der Waals surface area contributed by atoms with Gasteiger partial charge in [0.15, 0.2) is 0 Å². The molecule has 1 heterocycles. The number of carbonyl (C=O) groups excluding carboxylic acids is 1. The minimum absolute atomic E-state index is 0.320. The molecule has 1 aromatic heterocycles. The fraction of sp³-hybridized carbons (Fsp3) is 0.429. The van der Waals surface area contributed by atoms with E-state index in [1.54, 1.807) is 12.1 Å². The third-order valence-electron chi connectivity index (χ3n) is 3.76. The summed E-state index contributed by atoms with van der Waals surface area (Å²) < 4.78 is 4.71. The van der Waals surface area contributed by atoms with Crippen LogP contribution in [0.1, 0.15) is 42.4 Å². The summed E-state index contributed by atoms with van der Waals surface area (Å²) in [6.07, 6.45) is 1.16. The van der Waals surface area contributed by atoms with Gasteiger partial charge in [0, 0.05) is 5.92 Å². The van der Waals surface area contributed by atoms with Gasteiger partial charge in [0.25, 0.3) is 0 Å². The number of imidazole rings is 1. The molecule has 1 atom stereocenters. The summed E-state index contributed by atoms with van der Waals surface area (Å²) in [5.41, 5.74) is 2.70. The van der Waals surface area contributed by atoms with Crippen LogP contribution in [0.4, 0.5) is 0 Å². The molecular formula is C14H16N2O2. The Morgan fingerprint density at radius 2 is 2.22 bits per heavy atom. The largest absolute Gasteiger partial charge is 0.465 e. The van der Waals surface area contributed by atoms with Gasteiger partial charge in [-0.15, -0.1) is 0 Å². The number of hydrogen-bond acceptors (Lipinski definition) is 3. The lowest BCUT2D eigenvalue weighted by atomic mass is 10.1. The molecule has 1 saturated carbocycles. The van der Waals surface area contributed by atoms with Crippen molar-refractivity contribution in [2.45, 2.75) is 26.2 Å². The number of nitrogens with zero attached hydrogens (tertiary/aromatic N) is 1. The molecule has 1 unspecified atom stereocenters. The van der Waals surface area contributed by atoms with Crippen molar-refractivity contribution in [1.82, 2.24) is 9.97 Å². The maximum absolute atomic E-state index is 11.5. The number of ether oxygens (including phenoxy) is 1. The van der Waals surface area contributed by atoms with Crippen molar-refractivity contribution in [1.29, 1.82) is 0 Å². The van der Waals surface area contributed by atoms with Crippen LogP contribution >= 0.6 is 0 Å². The SMILES string of the molecule is COC(=O)c1ccc2nc(C3CC3(C)C)[nH]c2c1. The van der Waals surface area contributed by atoms with Crippen LogP contribution in [0.25, 0.3) is 11.0 Å². The quantitative estimate of drug-likeness (QED) is 0.826. The molecule has 4 nitrogen and oxygen atoms in total. The molecule has 94 valence electrons. The zero-order chi connectivity index (χ0) is 12.9. The van der Waals surface area contributed by atoms with Gasteiger partial charge in [0.2, 0.25) is 0 Å². The Bertz CT molecular complexity index is 628. The summed E-state index contributed by atoms with van der Waals surface area (Å²) in [5.74, 6) is 1.21. The van der Waals surface area contributed by atoms with Crippen LogP contribution in [0.2, 0.25) is 0 Å². The van der Waals surface area contributed by atoms with Gasteiger partial charge in [-0.2, -0.15) is 0 Å². The first-order valence-electron chi connectivity index (χ1n) is 6.09. The standard InChI is InChI=1S/C14H16N2O2/c1-14(2)7-9(14)12-15-10-5-4-8(13(17)18-3)6-11(10)16-12/h4-6,9H,7H2,1-3H3,(H,15,16). The van der Waals surface area contributed by atoms with E-state index in [4.69, 9.17) is 4.74 Å². The zero-order valence-corrected chi connectivity index (χ0v) is 10.8. The molecule has 0 aliphatic heterocycles. The lowest BCUT2D eigenvalue weighted by Crippen LogP contribution is -2.00. The summed E-state index contributed by atoms with van der Waals surface area (Å²) in [4.78, 5) is 19.4. The van der Waals surface area contributed by atoms with Crippen molar-refractivity contribution in [2.75, 3.05) is 7.11 Å². The number of carbonyl (C=O) groups is 1. The lowest BCUT2D eigenvalue weighted by Gasteiger charge is -1.98. The van der Waals surface area contributed by atoms with Crippen molar-refractivity contribution >= 4 is 17.0 Å². The highest BCUT2D eigenvalue weighted by Crippen LogP contribution is 2.57. The van der Waals surface area contributed by atoms with E-state index in [0.29, 0.717) is 16.9 Å². The average Bonchev–Trinajstić information content (AvgIpc) is 2.82. The van der Waals surface area contributed by atoms with Crippen LogP contribution in [-0.2, 0) is 4.74 Å². The van der Waals surface area contributed by atoms with Gasteiger partial charge in [-0.1, -0.05) is 13.8 Å². The summed E-state index contributed by atoms with van der Waals surface area (Å²) >= 11 is 0. The first kappa shape index (κ1) is 11.3. The highest BCUT2D eigenvalue weighted by molar-refractivity contribution is 5.93. The molecule has 1 aliphatic rings. The molecule has 0 spiro atoms. The minimum Gasteiger partial charge on any atom is -0.465 e. The smallest absolute Gasteiger partial charge is 0.337 e. The monoisotopic (exact) mass is 244 g/mol. The summed E-state index contributed by atoms with van der Waals surface area (Å²) in [5, 5.41) is 0. The topological polar surface area (TPSA) is 55.0 Å². The van der Waals surface area contributed by atoms with E-state index in [1.807, 2.05) is 6.07 Å². The molecule has 2 aromatic rings. The third-order valence-corrected chi connectivity index (χ3v) is 3.76. The van der Waals surface area contributed by atoms with E-state index < -0.39 is 0 Å². The molecular weight excluding hydrogens is 228 g/mol. The molecule has 1 aliphatic carbocycles. The normalized spacial score (nSPS) is 20.9. The van der Waals surface area contributed by atoms with Crippen molar-refractivity contribution in [3.05, 3.63) is 29.6 Å². The van der Waals surface area contributed by atoms with Gasteiger partial charge < -0.3 is 9.72 Å². The number of methoxy groups -OCH3 is 1. The average molecular weight is 244 g/mol. The van der Waals surface area contributed by atoms with Gasteiger partial charge >= 0.3 is 5.97 Å². The third kappa shape index (κ3) is 1.68. The molecule has 1 aromatic carbocycles. The second kappa shape index (κ2) is 3.57. The number of hydrogen-bond donors (Lipinski definition) is 1. The fourth-order valence-electron chi connectivity index (χ4n) is 2.37. The highest BCUT2D eigenvalue weighted by atomic mass is 16.5. The molecule has 0 bridgehead atoms. The van der Waals surface area contributed by atoms with Crippen molar-refractivity contribution in [2.24, 2.45) is 5.41 Å². The summed E-state index contributed by atoms with van der Waals surface area (Å²) in [6.45, 7) is 4.48. The van der Waals surface area contributed by atoms with Gasteiger partial charge in [-0.3, -0.25) is 0 Å². The number of rotatable bonds is 2. The zero-order valence-electron chi connectivity index (χ0n) is 10.8. The maximum atomic E-state index is 11.5. The maximum Gasteiger partial charge on any atom is 0.337 e. The van der Waals surface area contributed by atoms with Crippen LogP contribution in [0.3, 0.4) is 0 Å². The van der Waals surface area contributed by atoms with E-state index in [0.717, 1.165) is 23.3 Å². The summed E-state index contributed by atoms with van der Waals surface area (Å²) in [7, 11) is 1.39. The van der Waals surface area contributed by atoms with Crippen molar-refractivity contribution < 1.29 is 9.53 Å². The van der Waals surface area contributed by atoms with Gasteiger partial charge in [-0.05, 0) is 30.0 Å². The predicted molar refractivity (Wildman–Crippen MR) is 68.6 cm³/mol. The van der Waals surface area contributed by atoms with E-state index in [-0.39, 0.29) is 5.97 Å². The van der Waals surface area contributed by atoms with E-state index in [1.165, 1.54) is 7.11 Å². The van der Waals surface area contributed by atoms with Gasteiger partial charge in [-0.25, -0.2) is 9.78 Å². The van der Waals surface area contributed by atoms with Crippen LogP contribution < -0.4 is 0 Å². The number of nitrogens with one attached hydrogen (secondary N) is 1. The van der Waals surface area contributed by atoms with Gasteiger partial charge in [0.1, 0.15) is 5.82 Å². The number of esters is 1. The first-order valence-corrected chi connectivity index (χ1v) is 6.09. The van der Waals surface area contributed by atoms with Crippen molar-refractivity contribution in [3.8, 4) is 0 Å². The molecule has 4 heteroatoms. The molecule has 1 fully saturated rings. The number of fused-ring (bicyclic) bond motifs is 1. The lowest BCUT2D eigenvalue weighted by molar-refractivity contribution is 0.0601. The van der Waals surface area contributed by atoms with Crippen molar-refractivity contribution in [3.63, 3.8) is 0 Å². The summed E-state index contributed by atoms with van der Waals surface area (Å²) in [6, 6.07) is 5.40. The minimum atomic E-state index is -0.320. The molecule has 1 N–H and O–H groups in total. The number of aromatic nitrogens is 2. The number of aromatic amines is 1. The molecule has 0 saturated heterocycles. The predicted octanol–water partition coefficient (Wildman–Crippen LogP) is 2.86. The van der Waals surface area contributed by atoms with E-state index in [9.17, 15) is 4.79 Å². The molecule has 18 heavy (non-hydrogen) atoms. The van der Waals surface area contributed by atoms with Crippen LogP contribution in [0.15, 0.2) is 18.2 Å². The van der Waals surface area contributed by atoms with E-state index >= 15 is 0 Å². The fourth-order valence-corrected chi connectivity index (χ4v) is 2.37. The van der Waals surface area contributed by atoms with Crippen LogP contribution in [-0.4, -0.2) is 23.0 Å². The van der Waals surface area contributed by atoms with Crippen LogP contribution in [0, 0.1) is 5.41 Å².